The Balaban J connectivity index is 2.08. The highest BCUT2D eigenvalue weighted by molar-refractivity contribution is 8.13. The van der Waals surface area contributed by atoms with Gasteiger partial charge in [-0.3, -0.25) is 5.41 Å². The Labute approximate surface area is 102 Å². The normalized spacial score (nSPS) is 10.2. The van der Waals surface area contributed by atoms with Gasteiger partial charge in [0.15, 0.2) is 5.17 Å². The summed E-state index contributed by atoms with van der Waals surface area (Å²) in [6, 6.07) is 8.05. The fourth-order valence-electron chi connectivity index (χ4n) is 1.22. The summed E-state index contributed by atoms with van der Waals surface area (Å²) < 4.78 is 3.82. The van der Waals surface area contributed by atoms with Crippen molar-refractivity contribution in [3.63, 3.8) is 0 Å². The molecule has 2 aromatic rings. The maximum atomic E-state index is 7.12. The zero-order chi connectivity index (χ0) is 11.4. The Bertz CT molecular complexity index is 464. The highest BCUT2D eigenvalue weighted by Gasteiger charge is 2.01. The second kappa shape index (κ2) is 5.09. The molecule has 1 heterocycles. The minimum atomic E-state index is 0.146. The van der Waals surface area contributed by atoms with E-state index in [0.717, 1.165) is 22.6 Å². The molecule has 0 bridgehead atoms. The fourth-order valence-corrected chi connectivity index (χ4v) is 2.20. The predicted molar refractivity (Wildman–Crippen MR) is 68.6 cm³/mol. The van der Waals surface area contributed by atoms with E-state index < -0.39 is 0 Å². The number of aromatic nitrogens is 2. The van der Waals surface area contributed by atoms with Crippen LogP contribution in [0.15, 0.2) is 29.6 Å². The van der Waals surface area contributed by atoms with Gasteiger partial charge in [0, 0.05) is 16.7 Å². The summed E-state index contributed by atoms with van der Waals surface area (Å²) in [6.45, 7) is 0. The lowest BCUT2D eigenvalue weighted by Gasteiger charge is -2.01. The van der Waals surface area contributed by atoms with Crippen LogP contribution in [0.3, 0.4) is 0 Å². The van der Waals surface area contributed by atoms with Crippen LogP contribution in [0.4, 0.5) is 0 Å². The van der Waals surface area contributed by atoms with Crippen molar-refractivity contribution in [2.45, 2.75) is 5.75 Å². The van der Waals surface area contributed by atoms with Crippen molar-refractivity contribution in [3.05, 3.63) is 35.2 Å². The van der Waals surface area contributed by atoms with Gasteiger partial charge in [0.2, 0.25) is 0 Å². The number of hydrogen-bond acceptors (Lipinski definition) is 5. The summed E-state index contributed by atoms with van der Waals surface area (Å²) in [7, 11) is 0. The van der Waals surface area contributed by atoms with Crippen molar-refractivity contribution in [2.75, 3.05) is 0 Å². The first-order valence-corrected chi connectivity index (χ1v) is 6.41. The van der Waals surface area contributed by atoms with Gasteiger partial charge in [-0.1, -0.05) is 40.5 Å². The largest absolute Gasteiger partial charge is 0.379 e. The van der Waals surface area contributed by atoms with E-state index in [1.807, 2.05) is 29.6 Å². The summed E-state index contributed by atoms with van der Waals surface area (Å²) in [5, 5.41) is 13.2. The molecule has 1 aromatic carbocycles. The molecule has 1 aromatic heterocycles. The standard InChI is InChI=1S/C10H10N4S2/c11-10(12)15-5-7-1-3-8(4-2-7)9-6-16-14-13-9/h1-4,6H,5H2,(H3,11,12). The van der Waals surface area contributed by atoms with Gasteiger partial charge in [-0.15, -0.1) is 5.10 Å². The molecule has 0 unspecified atom stereocenters. The minimum absolute atomic E-state index is 0.146. The third-order valence-electron chi connectivity index (χ3n) is 2.00. The average molecular weight is 250 g/mol. The Morgan fingerprint density at radius 1 is 1.38 bits per heavy atom. The van der Waals surface area contributed by atoms with E-state index in [1.165, 1.54) is 23.3 Å². The van der Waals surface area contributed by atoms with Crippen molar-refractivity contribution in [1.82, 2.24) is 9.59 Å². The molecule has 0 aliphatic heterocycles. The van der Waals surface area contributed by atoms with Crippen LogP contribution in [0, 0.1) is 5.41 Å². The number of thioether (sulfide) groups is 1. The Morgan fingerprint density at radius 3 is 2.69 bits per heavy atom. The molecule has 0 aliphatic rings. The first-order valence-electron chi connectivity index (χ1n) is 4.59. The van der Waals surface area contributed by atoms with E-state index in [4.69, 9.17) is 11.1 Å². The number of amidine groups is 1. The van der Waals surface area contributed by atoms with Crippen LogP contribution >= 0.6 is 23.3 Å². The molecule has 2 rings (SSSR count). The molecular weight excluding hydrogens is 240 g/mol. The third-order valence-corrected chi connectivity index (χ3v) is 3.30. The molecule has 0 spiro atoms. The Hall–Kier alpha value is -1.40. The van der Waals surface area contributed by atoms with Crippen molar-refractivity contribution in [3.8, 4) is 11.3 Å². The van der Waals surface area contributed by atoms with Crippen molar-refractivity contribution < 1.29 is 0 Å². The van der Waals surface area contributed by atoms with Gasteiger partial charge in [-0.05, 0) is 17.1 Å². The maximum absolute atomic E-state index is 7.12. The smallest absolute Gasteiger partial charge is 0.151 e. The van der Waals surface area contributed by atoms with Gasteiger partial charge < -0.3 is 5.73 Å². The summed E-state index contributed by atoms with van der Waals surface area (Å²) in [5.41, 5.74) is 8.38. The number of nitrogens with zero attached hydrogens (tertiary/aromatic N) is 2. The second-order valence-electron chi connectivity index (χ2n) is 3.14. The lowest BCUT2D eigenvalue weighted by atomic mass is 10.1. The van der Waals surface area contributed by atoms with E-state index in [2.05, 4.69) is 9.59 Å². The van der Waals surface area contributed by atoms with Crippen molar-refractivity contribution in [1.29, 1.82) is 5.41 Å². The lowest BCUT2D eigenvalue weighted by molar-refractivity contribution is 1.16. The summed E-state index contributed by atoms with van der Waals surface area (Å²) in [4.78, 5) is 0. The molecular formula is C10H10N4S2. The number of benzene rings is 1. The second-order valence-corrected chi connectivity index (χ2v) is 4.77. The van der Waals surface area contributed by atoms with Crippen LogP contribution in [0.25, 0.3) is 11.3 Å². The van der Waals surface area contributed by atoms with Crippen LogP contribution in [0.1, 0.15) is 5.56 Å². The first-order chi connectivity index (χ1) is 7.75. The van der Waals surface area contributed by atoms with E-state index in [-0.39, 0.29) is 5.17 Å². The van der Waals surface area contributed by atoms with Crippen molar-refractivity contribution >= 4 is 28.5 Å². The summed E-state index contributed by atoms with van der Waals surface area (Å²) in [6.07, 6.45) is 0. The predicted octanol–water partition coefficient (Wildman–Crippen LogP) is 2.33. The third kappa shape index (κ3) is 2.80. The lowest BCUT2D eigenvalue weighted by Crippen LogP contribution is -2.03. The number of hydrogen-bond donors (Lipinski definition) is 2. The SMILES string of the molecule is N=C(N)SCc1ccc(-c2csnn2)cc1. The summed E-state index contributed by atoms with van der Waals surface area (Å²) in [5.74, 6) is 0.727. The van der Waals surface area contributed by atoms with Gasteiger partial charge in [-0.25, -0.2) is 0 Å². The van der Waals surface area contributed by atoms with Crippen LogP contribution in [0.5, 0.6) is 0 Å². The summed E-state index contributed by atoms with van der Waals surface area (Å²) >= 11 is 2.67. The van der Waals surface area contributed by atoms with Gasteiger partial charge >= 0.3 is 0 Å². The number of nitrogens with two attached hydrogens (primary N) is 1. The average Bonchev–Trinajstić information content (AvgIpc) is 2.80. The fraction of sp³-hybridized carbons (Fsp3) is 0.100. The van der Waals surface area contributed by atoms with E-state index in [1.54, 1.807) is 0 Å². The number of nitrogens with one attached hydrogen (secondary N) is 1. The monoisotopic (exact) mass is 250 g/mol. The zero-order valence-corrected chi connectivity index (χ0v) is 10.0. The highest BCUT2D eigenvalue weighted by Crippen LogP contribution is 2.19. The quantitative estimate of drug-likeness (QED) is 0.647. The molecule has 0 saturated carbocycles. The molecule has 16 heavy (non-hydrogen) atoms. The molecule has 0 saturated heterocycles. The van der Waals surface area contributed by atoms with Gasteiger partial charge in [0.25, 0.3) is 0 Å². The van der Waals surface area contributed by atoms with Crippen molar-refractivity contribution in [2.24, 2.45) is 5.73 Å². The molecule has 3 N–H and O–H groups in total. The van der Waals surface area contributed by atoms with Gasteiger partial charge in [0.1, 0.15) is 5.69 Å². The highest BCUT2D eigenvalue weighted by atomic mass is 32.2. The molecule has 0 atom stereocenters. The molecule has 0 radical (unpaired) electrons. The van der Waals surface area contributed by atoms with E-state index in [9.17, 15) is 0 Å². The van der Waals surface area contributed by atoms with Crippen LogP contribution in [-0.2, 0) is 5.75 Å². The molecule has 0 fully saturated rings. The maximum Gasteiger partial charge on any atom is 0.151 e. The Kier molecular flexibility index (Phi) is 3.53. The molecule has 4 nitrogen and oxygen atoms in total. The molecule has 6 heteroatoms. The van der Waals surface area contributed by atoms with Crippen LogP contribution in [0.2, 0.25) is 0 Å². The molecule has 82 valence electrons. The zero-order valence-electron chi connectivity index (χ0n) is 8.38. The number of rotatable bonds is 3. The van der Waals surface area contributed by atoms with Crippen LogP contribution in [-0.4, -0.2) is 14.8 Å². The van der Waals surface area contributed by atoms with Crippen LogP contribution < -0.4 is 5.73 Å². The topological polar surface area (TPSA) is 75.7 Å². The molecule has 0 amide bonds. The van der Waals surface area contributed by atoms with E-state index in [0.29, 0.717) is 0 Å². The van der Waals surface area contributed by atoms with Gasteiger partial charge in [0.05, 0.1) is 0 Å². The Morgan fingerprint density at radius 2 is 2.12 bits per heavy atom. The van der Waals surface area contributed by atoms with E-state index >= 15 is 0 Å². The van der Waals surface area contributed by atoms with Gasteiger partial charge in [-0.2, -0.15) is 0 Å². The molecule has 0 aliphatic carbocycles. The minimum Gasteiger partial charge on any atom is -0.379 e. The first kappa shape index (κ1) is 11.1.